The van der Waals surface area contributed by atoms with Crippen LogP contribution in [0.4, 0.5) is 13.2 Å². The standard InChI is InChI=1S/C9H10F3NO/c1-8(2,14)6-4-3-5-13-7(6)9(10,11)12/h3-5,14H,1-2H3. The fourth-order valence-corrected chi connectivity index (χ4v) is 1.12. The summed E-state index contributed by atoms with van der Waals surface area (Å²) in [4.78, 5) is 3.23. The van der Waals surface area contributed by atoms with Gasteiger partial charge in [-0.1, -0.05) is 6.07 Å². The van der Waals surface area contributed by atoms with Gasteiger partial charge >= 0.3 is 6.18 Å². The predicted molar refractivity (Wildman–Crippen MR) is 44.5 cm³/mol. The molecule has 1 aromatic heterocycles. The molecule has 0 fully saturated rings. The Morgan fingerprint density at radius 2 is 1.86 bits per heavy atom. The van der Waals surface area contributed by atoms with Crippen LogP contribution in [0.3, 0.4) is 0 Å². The van der Waals surface area contributed by atoms with Crippen LogP contribution in [0.1, 0.15) is 25.1 Å². The van der Waals surface area contributed by atoms with E-state index >= 15 is 0 Å². The smallest absolute Gasteiger partial charge is 0.386 e. The minimum atomic E-state index is -4.53. The average molecular weight is 205 g/mol. The van der Waals surface area contributed by atoms with Gasteiger partial charge in [-0.2, -0.15) is 13.2 Å². The summed E-state index contributed by atoms with van der Waals surface area (Å²) in [7, 11) is 0. The van der Waals surface area contributed by atoms with Gasteiger partial charge in [0.1, 0.15) is 5.69 Å². The van der Waals surface area contributed by atoms with Crippen molar-refractivity contribution in [1.82, 2.24) is 4.98 Å². The van der Waals surface area contributed by atoms with Crippen molar-refractivity contribution < 1.29 is 18.3 Å². The first-order chi connectivity index (χ1) is 6.23. The van der Waals surface area contributed by atoms with E-state index < -0.39 is 17.5 Å². The van der Waals surface area contributed by atoms with E-state index in [9.17, 15) is 18.3 Å². The third-order valence-electron chi connectivity index (χ3n) is 1.74. The third kappa shape index (κ3) is 2.23. The molecule has 5 heteroatoms. The molecule has 0 aliphatic rings. The Bertz CT molecular complexity index is 295. The highest BCUT2D eigenvalue weighted by Crippen LogP contribution is 2.34. The van der Waals surface area contributed by atoms with Gasteiger partial charge in [0.15, 0.2) is 0 Å². The fraction of sp³-hybridized carbons (Fsp3) is 0.444. The number of alkyl halides is 3. The molecule has 0 unspecified atom stereocenters. The van der Waals surface area contributed by atoms with E-state index in [1.807, 2.05) is 0 Å². The average Bonchev–Trinajstić information content (AvgIpc) is 2.01. The highest BCUT2D eigenvalue weighted by molar-refractivity contribution is 5.27. The first-order valence-corrected chi connectivity index (χ1v) is 3.98. The topological polar surface area (TPSA) is 33.1 Å². The van der Waals surface area contributed by atoms with E-state index in [0.29, 0.717) is 0 Å². The SMILES string of the molecule is CC(C)(O)c1cccnc1C(F)(F)F. The lowest BCUT2D eigenvalue weighted by molar-refractivity contribution is -0.144. The van der Waals surface area contributed by atoms with Gasteiger partial charge in [-0.15, -0.1) is 0 Å². The van der Waals surface area contributed by atoms with E-state index in [0.717, 1.165) is 6.20 Å². The quantitative estimate of drug-likeness (QED) is 0.763. The minimum absolute atomic E-state index is 0.215. The molecule has 0 aliphatic carbocycles. The maximum Gasteiger partial charge on any atom is 0.433 e. The lowest BCUT2D eigenvalue weighted by atomic mass is 9.96. The zero-order valence-corrected chi connectivity index (χ0v) is 7.76. The number of aliphatic hydroxyl groups is 1. The normalized spacial score (nSPS) is 13.0. The van der Waals surface area contributed by atoms with Crippen molar-refractivity contribution >= 4 is 0 Å². The molecule has 1 rings (SSSR count). The molecule has 1 heterocycles. The zero-order valence-electron chi connectivity index (χ0n) is 7.76. The lowest BCUT2D eigenvalue weighted by Crippen LogP contribution is -2.23. The van der Waals surface area contributed by atoms with Crippen molar-refractivity contribution in [1.29, 1.82) is 0 Å². The van der Waals surface area contributed by atoms with Gasteiger partial charge in [-0.05, 0) is 19.9 Å². The van der Waals surface area contributed by atoms with Gasteiger partial charge in [-0.3, -0.25) is 4.98 Å². The Hall–Kier alpha value is -1.10. The van der Waals surface area contributed by atoms with Gasteiger partial charge in [0, 0.05) is 11.8 Å². The molecule has 0 amide bonds. The van der Waals surface area contributed by atoms with E-state index in [2.05, 4.69) is 4.98 Å². The maximum absolute atomic E-state index is 12.4. The fourth-order valence-electron chi connectivity index (χ4n) is 1.12. The number of rotatable bonds is 1. The largest absolute Gasteiger partial charge is 0.433 e. The minimum Gasteiger partial charge on any atom is -0.386 e. The third-order valence-corrected chi connectivity index (χ3v) is 1.74. The summed E-state index contributed by atoms with van der Waals surface area (Å²) in [6, 6.07) is 2.58. The van der Waals surface area contributed by atoms with Gasteiger partial charge in [0.2, 0.25) is 0 Å². The highest BCUT2D eigenvalue weighted by Gasteiger charge is 2.38. The second-order valence-electron chi connectivity index (χ2n) is 3.46. The second-order valence-corrected chi connectivity index (χ2v) is 3.46. The molecular formula is C9H10F3NO. The Balaban J connectivity index is 3.31. The van der Waals surface area contributed by atoms with Crippen LogP contribution in [-0.4, -0.2) is 10.1 Å². The molecule has 0 spiro atoms. The second kappa shape index (κ2) is 3.24. The molecule has 1 aromatic rings. The van der Waals surface area contributed by atoms with Crippen LogP contribution in [0.15, 0.2) is 18.3 Å². The lowest BCUT2D eigenvalue weighted by Gasteiger charge is -2.21. The molecule has 0 aliphatic heterocycles. The summed E-state index contributed by atoms with van der Waals surface area (Å²) >= 11 is 0. The Morgan fingerprint density at radius 1 is 1.29 bits per heavy atom. The van der Waals surface area contributed by atoms with Gasteiger partial charge in [0.25, 0.3) is 0 Å². The summed E-state index contributed by atoms with van der Waals surface area (Å²) < 4.78 is 37.2. The van der Waals surface area contributed by atoms with Crippen molar-refractivity contribution in [3.8, 4) is 0 Å². The summed E-state index contributed by atoms with van der Waals surface area (Å²) in [6.45, 7) is 2.58. The molecule has 0 radical (unpaired) electrons. The Kier molecular flexibility index (Phi) is 2.54. The number of halogens is 3. The summed E-state index contributed by atoms with van der Waals surface area (Å²) in [6.07, 6.45) is -3.48. The molecule has 0 aromatic carbocycles. The number of hydrogen-bond acceptors (Lipinski definition) is 2. The van der Waals surface area contributed by atoms with Crippen LogP contribution >= 0.6 is 0 Å². The monoisotopic (exact) mass is 205 g/mol. The van der Waals surface area contributed by atoms with Crippen LogP contribution in [-0.2, 0) is 11.8 Å². The predicted octanol–water partition coefficient (Wildman–Crippen LogP) is 2.33. The first kappa shape index (κ1) is 11.0. The molecule has 2 nitrogen and oxygen atoms in total. The number of nitrogens with zero attached hydrogens (tertiary/aromatic N) is 1. The van der Waals surface area contributed by atoms with E-state index in [1.165, 1.54) is 26.0 Å². The van der Waals surface area contributed by atoms with Crippen molar-refractivity contribution in [2.45, 2.75) is 25.6 Å². The van der Waals surface area contributed by atoms with Gasteiger partial charge < -0.3 is 5.11 Å². The van der Waals surface area contributed by atoms with Crippen LogP contribution < -0.4 is 0 Å². The highest BCUT2D eigenvalue weighted by atomic mass is 19.4. The zero-order chi connectivity index (χ0) is 11.0. The number of aromatic nitrogens is 1. The van der Waals surface area contributed by atoms with Crippen molar-refractivity contribution in [3.05, 3.63) is 29.6 Å². The first-order valence-electron chi connectivity index (χ1n) is 3.98. The molecule has 0 saturated heterocycles. The maximum atomic E-state index is 12.4. The van der Waals surface area contributed by atoms with Crippen LogP contribution in [0, 0.1) is 0 Å². The molecule has 0 saturated carbocycles. The van der Waals surface area contributed by atoms with Crippen LogP contribution in [0.2, 0.25) is 0 Å². The summed E-state index contributed by atoms with van der Waals surface area (Å²) in [5, 5.41) is 9.49. The van der Waals surface area contributed by atoms with Crippen molar-refractivity contribution in [2.75, 3.05) is 0 Å². The van der Waals surface area contributed by atoms with Gasteiger partial charge in [0.05, 0.1) is 5.60 Å². The molecule has 0 atom stereocenters. The van der Waals surface area contributed by atoms with Gasteiger partial charge in [-0.25, -0.2) is 0 Å². The van der Waals surface area contributed by atoms with E-state index in [1.54, 1.807) is 0 Å². The molecule has 1 N–H and O–H groups in total. The molecule has 0 bridgehead atoms. The van der Waals surface area contributed by atoms with Crippen molar-refractivity contribution in [3.63, 3.8) is 0 Å². The molecule has 14 heavy (non-hydrogen) atoms. The Labute approximate surface area is 79.4 Å². The molecule has 78 valence electrons. The van der Waals surface area contributed by atoms with E-state index in [-0.39, 0.29) is 5.56 Å². The summed E-state index contributed by atoms with van der Waals surface area (Å²) in [5.74, 6) is 0. The summed E-state index contributed by atoms with van der Waals surface area (Å²) in [5.41, 5.74) is -2.79. The van der Waals surface area contributed by atoms with Crippen LogP contribution in [0.5, 0.6) is 0 Å². The van der Waals surface area contributed by atoms with Crippen molar-refractivity contribution in [2.24, 2.45) is 0 Å². The Morgan fingerprint density at radius 3 is 2.21 bits per heavy atom. The number of hydrogen-bond donors (Lipinski definition) is 1. The van der Waals surface area contributed by atoms with Crippen LogP contribution in [0.25, 0.3) is 0 Å². The number of pyridine rings is 1. The van der Waals surface area contributed by atoms with E-state index in [4.69, 9.17) is 0 Å². The molecular weight excluding hydrogens is 195 g/mol.